The Morgan fingerprint density at radius 3 is 2.08 bits per heavy atom. The van der Waals surface area contributed by atoms with E-state index in [4.69, 9.17) is 0 Å². The quantitative estimate of drug-likeness (QED) is 0.587. The fourth-order valence-corrected chi connectivity index (χ4v) is 2.58. The fourth-order valence-electron chi connectivity index (χ4n) is 2.58. The number of carbonyl (C=O) groups excluding carboxylic acids is 3. The van der Waals surface area contributed by atoms with Gasteiger partial charge >= 0.3 is 0 Å². The van der Waals surface area contributed by atoms with Crippen molar-refractivity contribution in [2.75, 3.05) is 6.61 Å². The van der Waals surface area contributed by atoms with Gasteiger partial charge in [-0.1, -0.05) is 44.2 Å². The van der Waals surface area contributed by atoms with E-state index in [-0.39, 0.29) is 5.92 Å². The van der Waals surface area contributed by atoms with E-state index < -0.39 is 42.5 Å². The van der Waals surface area contributed by atoms with Crippen molar-refractivity contribution in [2.24, 2.45) is 5.92 Å². The highest BCUT2D eigenvalue weighted by Crippen LogP contribution is 2.08. The molecule has 0 radical (unpaired) electrons. The molecule has 4 N–H and O–H groups in total. The smallest absolute Gasteiger partial charge is 0.245 e. The standard InChI is InChI=1S/C17H23N3O4/c1-10(2)14-17(24)19-13(9-21)16(23)18-12(15(22)20-14)8-11-6-4-3-5-7-11/h3-7,10,12-14,21H,8-9H2,1-2H3,(H,18,23)(H,19,24)(H,20,22)/t12-,13-,14-/m0/s1. The average molecular weight is 333 g/mol. The molecule has 24 heavy (non-hydrogen) atoms. The Morgan fingerprint density at radius 1 is 0.917 bits per heavy atom. The third-order valence-electron chi connectivity index (χ3n) is 3.98. The minimum Gasteiger partial charge on any atom is -0.394 e. The molecule has 1 aliphatic heterocycles. The molecule has 1 heterocycles. The van der Waals surface area contributed by atoms with Gasteiger partial charge in [-0.25, -0.2) is 0 Å². The van der Waals surface area contributed by atoms with Gasteiger partial charge in [-0.3, -0.25) is 14.4 Å². The molecule has 0 aromatic heterocycles. The summed E-state index contributed by atoms with van der Waals surface area (Å²) < 4.78 is 0. The Kier molecular flexibility index (Phi) is 5.92. The molecule has 7 heteroatoms. The molecule has 0 spiro atoms. The van der Waals surface area contributed by atoms with E-state index in [0.717, 1.165) is 5.56 Å². The van der Waals surface area contributed by atoms with Gasteiger partial charge in [0.15, 0.2) is 0 Å². The second kappa shape index (κ2) is 7.92. The van der Waals surface area contributed by atoms with Crippen molar-refractivity contribution >= 4 is 17.7 Å². The first-order valence-corrected chi connectivity index (χ1v) is 7.98. The van der Waals surface area contributed by atoms with Crippen LogP contribution in [-0.2, 0) is 20.8 Å². The van der Waals surface area contributed by atoms with E-state index in [1.165, 1.54) is 0 Å². The average Bonchev–Trinajstić information content (AvgIpc) is 2.60. The predicted molar refractivity (Wildman–Crippen MR) is 87.9 cm³/mol. The van der Waals surface area contributed by atoms with E-state index >= 15 is 0 Å². The van der Waals surface area contributed by atoms with E-state index in [2.05, 4.69) is 16.0 Å². The number of aliphatic hydroxyl groups is 1. The molecule has 0 bridgehead atoms. The number of nitrogens with one attached hydrogen (secondary N) is 3. The van der Waals surface area contributed by atoms with Crippen LogP contribution in [0.3, 0.4) is 0 Å². The van der Waals surface area contributed by atoms with Gasteiger partial charge in [0.05, 0.1) is 6.61 Å². The molecule has 1 saturated heterocycles. The highest BCUT2D eigenvalue weighted by Gasteiger charge is 2.34. The minimum absolute atomic E-state index is 0.154. The molecule has 130 valence electrons. The fraction of sp³-hybridized carbons (Fsp3) is 0.471. The Labute approximate surface area is 140 Å². The van der Waals surface area contributed by atoms with E-state index in [1.54, 1.807) is 13.8 Å². The first kappa shape index (κ1) is 17.9. The minimum atomic E-state index is -1.08. The number of carbonyl (C=O) groups is 3. The van der Waals surface area contributed by atoms with Crippen LogP contribution in [0.1, 0.15) is 19.4 Å². The largest absolute Gasteiger partial charge is 0.394 e. The molecule has 7 nitrogen and oxygen atoms in total. The van der Waals surface area contributed by atoms with Crippen LogP contribution in [0.5, 0.6) is 0 Å². The highest BCUT2D eigenvalue weighted by atomic mass is 16.3. The molecule has 3 amide bonds. The molecule has 3 atom stereocenters. The van der Waals surface area contributed by atoms with E-state index in [9.17, 15) is 19.5 Å². The Balaban J connectivity index is 2.27. The molecular formula is C17H23N3O4. The van der Waals surface area contributed by atoms with Crippen molar-refractivity contribution in [1.82, 2.24) is 16.0 Å². The summed E-state index contributed by atoms with van der Waals surface area (Å²) in [5.74, 6) is -1.63. The second-order valence-electron chi connectivity index (χ2n) is 6.22. The van der Waals surface area contributed by atoms with Crippen molar-refractivity contribution in [3.8, 4) is 0 Å². The Morgan fingerprint density at radius 2 is 1.50 bits per heavy atom. The summed E-state index contributed by atoms with van der Waals surface area (Å²) in [7, 11) is 0. The van der Waals surface area contributed by atoms with Gasteiger partial charge in [-0.2, -0.15) is 0 Å². The summed E-state index contributed by atoms with van der Waals surface area (Å²) in [6.07, 6.45) is 0.301. The molecule has 0 saturated carbocycles. The monoisotopic (exact) mass is 333 g/mol. The molecule has 2 rings (SSSR count). The van der Waals surface area contributed by atoms with Gasteiger partial charge in [0.25, 0.3) is 0 Å². The van der Waals surface area contributed by atoms with Gasteiger partial charge in [-0.05, 0) is 11.5 Å². The van der Waals surface area contributed by atoms with Crippen LogP contribution in [0.25, 0.3) is 0 Å². The molecule has 0 unspecified atom stereocenters. The van der Waals surface area contributed by atoms with Gasteiger partial charge < -0.3 is 21.1 Å². The van der Waals surface area contributed by atoms with Crippen LogP contribution in [0.4, 0.5) is 0 Å². The van der Waals surface area contributed by atoms with Crippen LogP contribution in [-0.4, -0.2) is 47.6 Å². The number of hydrogen-bond donors (Lipinski definition) is 4. The van der Waals surface area contributed by atoms with Crippen molar-refractivity contribution in [1.29, 1.82) is 0 Å². The molecular weight excluding hydrogens is 310 g/mol. The summed E-state index contributed by atoms with van der Waals surface area (Å²) in [6.45, 7) is 3.07. The zero-order valence-corrected chi connectivity index (χ0v) is 13.8. The van der Waals surface area contributed by atoms with E-state index in [1.807, 2.05) is 30.3 Å². The second-order valence-corrected chi connectivity index (χ2v) is 6.22. The first-order chi connectivity index (χ1) is 11.4. The summed E-state index contributed by atoms with van der Waals surface area (Å²) in [5.41, 5.74) is 0.887. The topological polar surface area (TPSA) is 108 Å². The molecule has 1 aromatic carbocycles. The van der Waals surface area contributed by atoms with Crippen LogP contribution in [0.2, 0.25) is 0 Å². The maximum atomic E-state index is 12.6. The van der Waals surface area contributed by atoms with Crippen molar-refractivity contribution in [3.05, 3.63) is 35.9 Å². The maximum absolute atomic E-state index is 12.6. The number of rotatable bonds is 4. The van der Waals surface area contributed by atoms with Crippen LogP contribution in [0.15, 0.2) is 30.3 Å². The number of aliphatic hydroxyl groups excluding tert-OH is 1. The van der Waals surface area contributed by atoms with Gasteiger partial charge in [0, 0.05) is 6.42 Å². The lowest BCUT2D eigenvalue weighted by Crippen LogP contribution is -2.53. The lowest BCUT2D eigenvalue weighted by molar-refractivity contribution is -0.131. The van der Waals surface area contributed by atoms with Crippen molar-refractivity contribution in [3.63, 3.8) is 0 Å². The number of benzene rings is 1. The first-order valence-electron chi connectivity index (χ1n) is 7.98. The van der Waals surface area contributed by atoms with Crippen molar-refractivity contribution < 1.29 is 19.5 Å². The molecule has 1 aromatic rings. The Bertz CT molecular complexity index is 603. The lowest BCUT2D eigenvalue weighted by Gasteiger charge is -2.23. The van der Waals surface area contributed by atoms with Crippen LogP contribution in [0, 0.1) is 5.92 Å². The number of amides is 3. The molecule has 1 aliphatic rings. The summed E-state index contributed by atoms with van der Waals surface area (Å²) in [5, 5.41) is 17.2. The summed E-state index contributed by atoms with van der Waals surface area (Å²) >= 11 is 0. The molecule has 0 aliphatic carbocycles. The van der Waals surface area contributed by atoms with Crippen LogP contribution >= 0.6 is 0 Å². The van der Waals surface area contributed by atoms with E-state index in [0.29, 0.717) is 6.42 Å². The zero-order chi connectivity index (χ0) is 17.7. The van der Waals surface area contributed by atoms with Gasteiger partial charge in [0.2, 0.25) is 17.7 Å². The predicted octanol–water partition coefficient (Wildman–Crippen LogP) is -0.655. The highest BCUT2D eigenvalue weighted by molar-refractivity contribution is 5.97. The zero-order valence-electron chi connectivity index (χ0n) is 13.8. The summed E-state index contributed by atoms with van der Waals surface area (Å²) in [4.78, 5) is 37.1. The Hall–Kier alpha value is -2.41. The maximum Gasteiger partial charge on any atom is 0.245 e. The third-order valence-corrected chi connectivity index (χ3v) is 3.98. The van der Waals surface area contributed by atoms with Crippen LogP contribution < -0.4 is 16.0 Å². The number of hydrogen-bond acceptors (Lipinski definition) is 4. The third kappa shape index (κ3) is 4.32. The van der Waals surface area contributed by atoms with Gasteiger partial charge in [-0.15, -0.1) is 0 Å². The summed E-state index contributed by atoms with van der Waals surface area (Å²) in [6, 6.07) is 6.62. The lowest BCUT2D eigenvalue weighted by atomic mass is 10.0. The van der Waals surface area contributed by atoms with Gasteiger partial charge in [0.1, 0.15) is 18.1 Å². The SMILES string of the molecule is CC(C)[C@@H]1NC(=O)[C@H](Cc2ccccc2)NC(=O)[C@H](CO)NC1=O. The molecule has 1 fully saturated rings. The normalized spacial score (nSPS) is 25.2. The van der Waals surface area contributed by atoms with Crippen molar-refractivity contribution in [2.45, 2.75) is 38.4 Å².